The average Bonchev–Trinajstić information content (AvgIpc) is 3.07. The maximum absolute atomic E-state index is 5.47. The van der Waals surface area contributed by atoms with Crippen LogP contribution in [0.1, 0.15) is 17.5 Å². The highest BCUT2D eigenvalue weighted by Gasteiger charge is 2.11. The fourth-order valence-corrected chi connectivity index (χ4v) is 2.73. The van der Waals surface area contributed by atoms with Gasteiger partial charge < -0.3 is 19.7 Å². The molecule has 1 N–H and O–H groups in total. The lowest BCUT2D eigenvalue weighted by molar-refractivity contribution is 0.382. The molecule has 150 valence electrons. The highest BCUT2D eigenvalue weighted by molar-refractivity contribution is 14.0. The van der Waals surface area contributed by atoms with Crippen LogP contribution in [0.25, 0.3) is 0 Å². The van der Waals surface area contributed by atoms with E-state index in [9.17, 15) is 0 Å². The van der Waals surface area contributed by atoms with Crippen molar-refractivity contribution in [2.45, 2.75) is 26.4 Å². The fraction of sp³-hybridized carbons (Fsp3) is 0.474. The quantitative estimate of drug-likeness (QED) is 0.269. The lowest BCUT2D eigenvalue weighted by Crippen LogP contribution is -2.39. The third kappa shape index (κ3) is 6.93. The van der Waals surface area contributed by atoms with Crippen molar-refractivity contribution in [2.24, 2.45) is 4.99 Å². The van der Waals surface area contributed by atoms with Gasteiger partial charge in [-0.3, -0.25) is 9.67 Å². The van der Waals surface area contributed by atoms with Crippen molar-refractivity contribution in [2.75, 3.05) is 34.9 Å². The number of aliphatic imine (C=N–C) groups is 1. The van der Waals surface area contributed by atoms with E-state index in [0.717, 1.165) is 42.5 Å². The molecule has 0 saturated carbocycles. The molecule has 1 aromatic heterocycles. The number of aryl methyl sites for hydroxylation is 2. The number of nitrogens with one attached hydrogen (secondary N) is 1. The first-order valence-corrected chi connectivity index (χ1v) is 8.69. The second-order valence-electron chi connectivity index (χ2n) is 6.14. The summed E-state index contributed by atoms with van der Waals surface area (Å²) in [5.41, 5.74) is 2.26. The van der Waals surface area contributed by atoms with Gasteiger partial charge in [-0.05, 0) is 31.0 Å². The van der Waals surface area contributed by atoms with Crippen molar-refractivity contribution in [3.05, 3.63) is 41.7 Å². The zero-order valence-corrected chi connectivity index (χ0v) is 19.1. The van der Waals surface area contributed by atoms with E-state index in [2.05, 4.69) is 26.5 Å². The molecule has 0 radical (unpaired) electrons. The van der Waals surface area contributed by atoms with Crippen LogP contribution < -0.4 is 14.8 Å². The standard InChI is InChI=1S/C19H29N5O2.HI/c1-15-12-22-24(13-15)10-6-9-21-19(20-2)23(3)14-16-7-8-17(25-4)11-18(16)26-5;/h7-8,11-13H,6,9-10,14H2,1-5H3,(H,20,21);1H. The number of halogens is 1. The number of aromatic nitrogens is 2. The topological polar surface area (TPSA) is 63.9 Å². The van der Waals surface area contributed by atoms with E-state index in [1.165, 1.54) is 5.56 Å². The molecule has 0 fully saturated rings. The Labute approximate surface area is 178 Å². The predicted molar refractivity (Wildman–Crippen MR) is 119 cm³/mol. The molecule has 0 unspecified atom stereocenters. The first-order chi connectivity index (χ1) is 12.6. The fourth-order valence-electron chi connectivity index (χ4n) is 2.73. The van der Waals surface area contributed by atoms with Crippen LogP contribution in [0.4, 0.5) is 0 Å². The Balaban J connectivity index is 0.00000364. The van der Waals surface area contributed by atoms with Gasteiger partial charge in [0.05, 0.1) is 20.4 Å². The minimum Gasteiger partial charge on any atom is -0.497 e. The third-order valence-electron chi connectivity index (χ3n) is 4.08. The predicted octanol–water partition coefficient (Wildman–Crippen LogP) is 2.92. The molecule has 1 aromatic carbocycles. The molecule has 1 heterocycles. The molecular formula is C19H30IN5O2. The van der Waals surface area contributed by atoms with Crippen LogP contribution in [0.5, 0.6) is 11.5 Å². The second kappa shape index (κ2) is 11.7. The number of guanidine groups is 1. The molecule has 0 aliphatic rings. The molecule has 7 nitrogen and oxygen atoms in total. The minimum absolute atomic E-state index is 0. The molecule has 0 amide bonds. The van der Waals surface area contributed by atoms with Crippen LogP contribution >= 0.6 is 24.0 Å². The number of benzene rings is 1. The lowest BCUT2D eigenvalue weighted by atomic mass is 10.2. The number of hydrogen-bond acceptors (Lipinski definition) is 4. The van der Waals surface area contributed by atoms with Gasteiger partial charge in [0.1, 0.15) is 11.5 Å². The molecule has 0 aliphatic heterocycles. The Morgan fingerprint density at radius 1 is 1.30 bits per heavy atom. The summed E-state index contributed by atoms with van der Waals surface area (Å²) < 4.78 is 12.7. The number of ether oxygens (including phenoxy) is 2. The molecule has 2 aromatic rings. The van der Waals surface area contributed by atoms with Crippen LogP contribution in [0.3, 0.4) is 0 Å². The molecule has 0 bridgehead atoms. The summed E-state index contributed by atoms with van der Waals surface area (Å²) in [5, 5.41) is 7.70. The highest BCUT2D eigenvalue weighted by atomic mass is 127. The van der Waals surface area contributed by atoms with Crippen molar-refractivity contribution >= 4 is 29.9 Å². The van der Waals surface area contributed by atoms with Crippen LogP contribution in [0.15, 0.2) is 35.6 Å². The first kappa shape index (κ1) is 23.1. The van der Waals surface area contributed by atoms with Gasteiger partial charge >= 0.3 is 0 Å². The van der Waals surface area contributed by atoms with Crippen LogP contribution in [0.2, 0.25) is 0 Å². The van der Waals surface area contributed by atoms with Crippen molar-refractivity contribution < 1.29 is 9.47 Å². The molecule has 8 heteroatoms. The Bertz CT molecular complexity index is 733. The summed E-state index contributed by atoms with van der Waals surface area (Å²) >= 11 is 0. The maximum atomic E-state index is 5.47. The second-order valence-corrected chi connectivity index (χ2v) is 6.14. The van der Waals surface area contributed by atoms with E-state index in [1.807, 2.05) is 43.0 Å². The molecule has 0 spiro atoms. The van der Waals surface area contributed by atoms with Gasteiger partial charge in [0, 0.05) is 51.6 Å². The maximum Gasteiger partial charge on any atom is 0.193 e. The van der Waals surface area contributed by atoms with Gasteiger partial charge in [-0.15, -0.1) is 24.0 Å². The Morgan fingerprint density at radius 3 is 2.67 bits per heavy atom. The Kier molecular flexibility index (Phi) is 9.98. The first-order valence-electron chi connectivity index (χ1n) is 8.69. The SMILES string of the molecule is CN=C(NCCCn1cc(C)cn1)N(C)Cc1ccc(OC)cc1OC.I. The van der Waals surface area contributed by atoms with Gasteiger partial charge in [0.15, 0.2) is 5.96 Å². The monoisotopic (exact) mass is 487 g/mol. The van der Waals surface area contributed by atoms with E-state index < -0.39 is 0 Å². The van der Waals surface area contributed by atoms with Crippen LogP contribution in [0, 0.1) is 6.92 Å². The van der Waals surface area contributed by atoms with E-state index in [0.29, 0.717) is 6.54 Å². The van der Waals surface area contributed by atoms with Gasteiger partial charge in [-0.25, -0.2) is 0 Å². The third-order valence-corrected chi connectivity index (χ3v) is 4.08. The van der Waals surface area contributed by atoms with E-state index in [4.69, 9.17) is 9.47 Å². The number of nitrogens with zero attached hydrogens (tertiary/aromatic N) is 4. The Hall–Kier alpha value is -1.97. The Morgan fingerprint density at radius 2 is 2.07 bits per heavy atom. The van der Waals surface area contributed by atoms with Crippen molar-refractivity contribution in [1.82, 2.24) is 20.0 Å². The van der Waals surface area contributed by atoms with Gasteiger partial charge in [0.2, 0.25) is 0 Å². The van der Waals surface area contributed by atoms with E-state index in [1.54, 1.807) is 21.3 Å². The molecule has 0 aliphatic carbocycles. The summed E-state index contributed by atoms with van der Waals surface area (Å²) in [6, 6.07) is 5.85. The summed E-state index contributed by atoms with van der Waals surface area (Å²) in [4.78, 5) is 6.44. The molecule has 0 atom stereocenters. The zero-order chi connectivity index (χ0) is 18.9. The summed E-state index contributed by atoms with van der Waals surface area (Å²) in [7, 11) is 7.12. The molecule has 0 saturated heterocycles. The summed E-state index contributed by atoms with van der Waals surface area (Å²) in [6.07, 6.45) is 4.90. The smallest absolute Gasteiger partial charge is 0.193 e. The normalized spacial score (nSPS) is 10.9. The number of methoxy groups -OCH3 is 2. The van der Waals surface area contributed by atoms with Crippen molar-refractivity contribution in [1.29, 1.82) is 0 Å². The molecule has 27 heavy (non-hydrogen) atoms. The summed E-state index contributed by atoms with van der Waals surface area (Å²) in [5.74, 6) is 2.44. The zero-order valence-electron chi connectivity index (χ0n) is 16.7. The molecular weight excluding hydrogens is 457 g/mol. The largest absolute Gasteiger partial charge is 0.497 e. The minimum atomic E-state index is 0. The van der Waals surface area contributed by atoms with Gasteiger partial charge in [-0.1, -0.05) is 0 Å². The van der Waals surface area contributed by atoms with E-state index >= 15 is 0 Å². The molecule has 2 rings (SSSR count). The van der Waals surface area contributed by atoms with Gasteiger partial charge in [0.25, 0.3) is 0 Å². The summed E-state index contributed by atoms with van der Waals surface area (Å²) in [6.45, 7) is 4.45. The van der Waals surface area contributed by atoms with Crippen LogP contribution in [-0.2, 0) is 13.1 Å². The van der Waals surface area contributed by atoms with E-state index in [-0.39, 0.29) is 24.0 Å². The van der Waals surface area contributed by atoms with Gasteiger partial charge in [-0.2, -0.15) is 5.10 Å². The number of rotatable bonds is 8. The number of hydrogen-bond donors (Lipinski definition) is 1. The highest BCUT2D eigenvalue weighted by Crippen LogP contribution is 2.25. The van der Waals surface area contributed by atoms with Crippen LogP contribution in [-0.4, -0.2) is 55.5 Å². The van der Waals surface area contributed by atoms with Crippen molar-refractivity contribution in [3.63, 3.8) is 0 Å². The average molecular weight is 487 g/mol. The van der Waals surface area contributed by atoms with Crippen molar-refractivity contribution in [3.8, 4) is 11.5 Å². The lowest BCUT2D eigenvalue weighted by Gasteiger charge is -2.23.